The Morgan fingerprint density at radius 1 is 1.28 bits per heavy atom. The fourth-order valence-corrected chi connectivity index (χ4v) is 3.17. The van der Waals surface area contributed by atoms with Crippen molar-refractivity contribution in [2.45, 2.75) is 45.6 Å². The zero-order valence-electron chi connectivity index (χ0n) is 10.9. The second-order valence-electron chi connectivity index (χ2n) is 5.71. The molecule has 2 rings (SSSR count). The fraction of sp³-hybridized carbons (Fsp3) is 0.600. The molecule has 1 aromatic carbocycles. The van der Waals surface area contributed by atoms with Gasteiger partial charge in [-0.1, -0.05) is 42.1 Å². The Kier molecular flexibility index (Phi) is 4.79. The van der Waals surface area contributed by atoms with E-state index in [4.69, 9.17) is 0 Å². The molecule has 0 spiro atoms. The van der Waals surface area contributed by atoms with Gasteiger partial charge < -0.3 is 5.32 Å². The number of hydrogen-bond acceptors (Lipinski definition) is 1. The maximum atomic E-state index is 13.6. The number of nitrogens with one attached hydrogen (secondary N) is 1. The minimum atomic E-state index is -0.125. The van der Waals surface area contributed by atoms with Gasteiger partial charge in [-0.3, -0.25) is 0 Å². The van der Waals surface area contributed by atoms with Crippen LogP contribution in [0.4, 0.5) is 4.39 Å². The number of rotatable bonds is 4. The van der Waals surface area contributed by atoms with E-state index in [-0.39, 0.29) is 5.82 Å². The van der Waals surface area contributed by atoms with Gasteiger partial charge in [0.1, 0.15) is 5.82 Å². The number of hydrogen-bond donors (Lipinski definition) is 1. The highest BCUT2D eigenvalue weighted by atomic mass is 79.9. The molecule has 0 amide bonds. The summed E-state index contributed by atoms with van der Waals surface area (Å²) in [4.78, 5) is 0. The average molecular weight is 314 g/mol. The molecular weight excluding hydrogens is 293 g/mol. The summed E-state index contributed by atoms with van der Waals surface area (Å²) in [5, 5.41) is 3.42. The van der Waals surface area contributed by atoms with Crippen LogP contribution in [-0.4, -0.2) is 6.54 Å². The van der Waals surface area contributed by atoms with Crippen molar-refractivity contribution in [1.29, 1.82) is 0 Å². The van der Waals surface area contributed by atoms with E-state index in [0.717, 1.165) is 16.6 Å². The normalized spacial score (nSPS) is 18.8. The smallest absolute Gasteiger partial charge is 0.127 e. The van der Waals surface area contributed by atoms with E-state index in [9.17, 15) is 4.39 Å². The van der Waals surface area contributed by atoms with E-state index in [1.807, 2.05) is 6.07 Å². The van der Waals surface area contributed by atoms with E-state index in [1.54, 1.807) is 6.07 Å². The Balaban J connectivity index is 1.86. The SMILES string of the molecule is CC1(CNCc2cc(Br)ccc2F)CCCCC1. The molecule has 0 atom stereocenters. The van der Waals surface area contributed by atoms with Crippen molar-refractivity contribution in [3.8, 4) is 0 Å². The zero-order valence-corrected chi connectivity index (χ0v) is 12.5. The third kappa shape index (κ3) is 3.79. The molecular formula is C15H21BrFN. The summed E-state index contributed by atoms with van der Waals surface area (Å²) in [7, 11) is 0. The first-order valence-corrected chi connectivity index (χ1v) is 7.53. The molecule has 1 saturated carbocycles. The third-order valence-electron chi connectivity index (χ3n) is 3.94. The molecule has 1 fully saturated rings. The standard InChI is InChI=1S/C15H21BrFN/c1-15(7-3-2-4-8-15)11-18-10-12-9-13(16)5-6-14(12)17/h5-6,9,18H,2-4,7-8,10-11H2,1H3. The van der Waals surface area contributed by atoms with Gasteiger partial charge in [0.15, 0.2) is 0 Å². The van der Waals surface area contributed by atoms with Crippen molar-refractivity contribution in [2.24, 2.45) is 5.41 Å². The Morgan fingerprint density at radius 3 is 2.72 bits per heavy atom. The maximum absolute atomic E-state index is 13.6. The van der Waals surface area contributed by atoms with Crippen molar-refractivity contribution in [3.05, 3.63) is 34.1 Å². The van der Waals surface area contributed by atoms with Gasteiger partial charge in [0.2, 0.25) is 0 Å². The van der Waals surface area contributed by atoms with Crippen LogP contribution in [0, 0.1) is 11.2 Å². The van der Waals surface area contributed by atoms with Crippen LogP contribution in [0.15, 0.2) is 22.7 Å². The van der Waals surface area contributed by atoms with Gasteiger partial charge in [-0.05, 0) is 36.5 Å². The van der Waals surface area contributed by atoms with E-state index in [2.05, 4.69) is 28.2 Å². The first-order valence-electron chi connectivity index (χ1n) is 6.74. The van der Waals surface area contributed by atoms with Gasteiger partial charge in [0.05, 0.1) is 0 Å². The minimum Gasteiger partial charge on any atom is -0.312 e. The van der Waals surface area contributed by atoms with E-state index >= 15 is 0 Å². The monoisotopic (exact) mass is 313 g/mol. The Hall–Kier alpha value is -0.410. The van der Waals surface area contributed by atoms with Crippen LogP contribution in [0.2, 0.25) is 0 Å². The average Bonchev–Trinajstić information content (AvgIpc) is 2.34. The van der Waals surface area contributed by atoms with Gasteiger partial charge in [-0.15, -0.1) is 0 Å². The molecule has 0 radical (unpaired) electrons. The van der Waals surface area contributed by atoms with E-state index < -0.39 is 0 Å². The molecule has 1 aliphatic rings. The molecule has 1 N–H and O–H groups in total. The third-order valence-corrected chi connectivity index (χ3v) is 4.43. The fourth-order valence-electron chi connectivity index (χ4n) is 2.76. The molecule has 0 saturated heterocycles. The van der Waals surface area contributed by atoms with Crippen LogP contribution in [0.3, 0.4) is 0 Å². The summed E-state index contributed by atoms with van der Waals surface area (Å²) in [6.07, 6.45) is 6.63. The lowest BCUT2D eigenvalue weighted by atomic mass is 9.76. The van der Waals surface area contributed by atoms with Crippen LogP contribution >= 0.6 is 15.9 Å². The highest BCUT2D eigenvalue weighted by Gasteiger charge is 2.26. The van der Waals surface area contributed by atoms with Crippen molar-refractivity contribution >= 4 is 15.9 Å². The first kappa shape index (κ1) is 14.0. The molecule has 0 aliphatic heterocycles. The zero-order chi connectivity index (χ0) is 13.0. The summed E-state index contributed by atoms with van der Waals surface area (Å²) in [6, 6.07) is 5.11. The summed E-state index contributed by atoms with van der Waals surface area (Å²) in [5.74, 6) is -0.125. The Morgan fingerprint density at radius 2 is 2.00 bits per heavy atom. The van der Waals surface area contributed by atoms with Crippen LogP contribution < -0.4 is 5.32 Å². The van der Waals surface area contributed by atoms with Crippen molar-refractivity contribution in [2.75, 3.05) is 6.54 Å². The largest absolute Gasteiger partial charge is 0.312 e. The molecule has 100 valence electrons. The first-order chi connectivity index (χ1) is 8.59. The summed E-state index contributed by atoms with van der Waals surface area (Å²) >= 11 is 3.38. The number of halogens is 2. The van der Waals surface area contributed by atoms with Crippen LogP contribution in [0.25, 0.3) is 0 Å². The highest BCUT2D eigenvalue weighted by Crippen LogP contribution is 2.35. The molecule has 0 heterocycles. The predicted octanol–water partition coefficient (Wildman–Crippen LogP) is 4.65. The molecule has 1 aromatic rings. The summed E-state index contributed by atoms with van der Waals surface area (Å²) in [6.45, 7) is 3.94. The predicted molar refractivity (Wildman–Crippen MR) is 77.0 cm³/mol. The quantitative estimate of drug-likeness (QED) is 0.853. The van der Waals surface area contributed by atoms with Gasteiger partial charge in [-0.2, -0.15) is 0 Å². The van der Waals surface area contributed by atoms with Gasteiger partial charge in [0.25, 0.3) is 0 Å². The maximum Gasteiger partial charge on any atom is 0.127 e. The molecule has 1 nitrogen and oxygen atoms in total. The van der Waals surface area contributed by atoms with Gasteiger partial charge >= 0.3 is 0 Å². The van der Waals surface area contributed by atoms with Crippen molar-refractivity contribution < 1.29 is 4.39 Å². The van der Waals surface area contributed by atoms with Crippen molar-refractivity contribution in [1.82, 2.24) is 5.32 Å². The van der Waals surface area contributed by atoms with Crippen LogP contribution in [0.1, 0.15) is 44.6 Å². The Bertz CT molecular complexity index is 399. The molecule has 3 heteroatoms. The lowest BCUT2D eigenvalue weighted by Gasteiger charge is -2.33. The van der Waals surface area contributed by atoms with E-state index in [1.165, 1.54) is 38.2 Å². The van der Waals surface area contributed by atoms with Crippen LogP contribution in [0.5, 0.6) is 0 Å². The molecule has 0 bridgehead atoms. The summed E-state index contributed by atoms with van der Waals surface area (Å²) < 4.78 is 14.5. The van der Waals surface area contributed by atoms with Crippen molar-refractivity contribution in [3.63, 3.8) is 0 Å². The molecule has 1 aliphatic carbocycles. The van der Waals surface area contributed by atoms with E-state index in [0.29, 0.717) is 12.0 Å². The lowest BCUT2D eigenvalue weighted by molar-refractivity contribution is 0.207. The second kappa shape index (κ2) is 6.16. The van der Waals surface area contributed by atoms with Crippen LogP contribution in [-0.2, 0) is 6.54 Å². The number of benzene rings is 1. The van der Waals surface area contributed by atoms with Gasteiger partial charge in [-0.25, -0.2) is 4.39 Å². The highest BCUT2D eigenvalue weighted by molar-refractivity contribution is 9.10. The van der Waals surface area contributed by atoms with Gasteiger partial charge in [0, 0.05) is 23.1 Å². The molecule has 0 aromatic heterocycles. The lowest BCUT2D eigenvalue weighted by Crippen LogP contribution is -2.33. The second-order valence-corrected chi connectivity index (χ2v) is 6.63. The Labute approximate surface area is 117 Å². The summed E-state index contributed by atoms with van der Waals surface area (Å²) in [5.41, 5.74) is 1.14. The minimum absolute atomic E-state index is 0.125. The topological polar surface area (TPSA) is 12.0 Å². The molecule has 0 unspecified atom stereocenters. The molecule has 18 heavy (non-hydrogen) atoms.